The lowest BCUT2D eigenvalue weighted by atomic mass is 9.44. The van der Waals surface area contributed by atoms with E-state index >= 15 is 4.39 Å². The maximum absolute atomic E-state index is 17.5. The van der Waals surface area contributed by atoms with Gasteiger partial charge < -0.3 is 29.5 Å². The Balaban J connectivity index is 1.22. The Kier molecular flexibility index (Phi) is 9.45. The number of rotatable bonds is 13. The molecule has 0 aromatic carbocycles. The molecule has 5 aliphatic rings. The number of nitrogens with one attached hydrogen (secondary N) is 1. The van der Waals surface area contributed by atoms with Gasteiger partial charge in [-0.2, -0.15) is 0 Å². The van der Waals surface area contributed by atoms with Crippen molar-refractivity contribution in [2.24, 2.45) is 22.7 Å². The molecule has 1 saturated heterocycles. The molecule has 1 heterocycles. The van der Waals surface area contributed by atoms with Crippen molar-refractivity contribution in [1.82, 2.24) is 5.32 Å². The molecule has 0 bridgehead atoms. The van der Waals surface area contributed by atoms with Crippen molar-refractivity contribution in [3.8, 4) is 0 Å². The summed E-state index contributed by atoms with van der Waals surface area (Å²) in [6, 6.07) is 0. The first kappa shape index (κ1) is 35.1. The smallest absolute Gasteiger partial charge is 0.308 e. The summed E-state index contributed by atoms with van der Waals surface area (Å²) in [5.74, 6) is -3.93. The van der Waals surface area contributed by atoms with Gasteiger partial charge in [-0.05, 0) is 77.4 Å². The quantitative estimate of drug-likeness (QED) is 0.128. The number of allylic oxidation sites excluding steroid dienone is 4. The van der Waals surface area contributed by atoms with Crippen molar-refractivity contribution in [1.29, 1.82) is 0 Å². The molecule has 0 aromatic heterocycles. The highest BCUT2D eigenvalue weighted by Crippen LogP contribution is 2.72. The van der Waals surface area contributed by atoms with Crippen molar-refractivity contribution >= 4 is 23.4 Å². The molecule has 5 rings (SSSR count). The highest BCUT2D eigenvalue weighted by molar-refractivity contribution is 6.01. The third kappa shape index (κ3) is 5.90. The predicted molar refractivity (Wildman–Crippen MR) is 162 cm³/mol. The number of carbonyl (C=O) groups excluding carboxylic acids is 4. The van der Waals surface area contributed by atoms with Gasteiger partial charge in [0.15, 0.2) is 29.4 Å². The van der Waals surface area contributed by atoms with E-state index in [0.29, 0.717) is 44.1 Å². The van der Waals surface area contributed by atoms with E-state index in [2.05, 4.69) is 10.2 Å². The Morgan fingerprint density at radius 1 is 1.15 bits per heavy atom. The molecule has 47 heavy (non-hydrogen) atoms. The number of amides is 1. The molecule has 8 atom stereocenters. The minimum absolute atomic E-state index is 0.00179. The molecule has 4 fully saturated rings. The molecule has 13 nitrogen and oxygen atoms in total. The maximum atomic E-state index is 17.5. The zero-order valence-electron chi connectivity index (χ0n) is 27.4. The average Bonchev–Trinajstić information content (AvgIpc) is 3.40. The molecular formula is C33H45FN2O11. The van der Waals surface area contributed by atoms with Crippen LogP contribution in [0.5, 0.6) is 0 Å². The third-order valence-corrected chi connectivity index (χ3v) is 11.3. The van der Waals surface area contributed by atoms with Crippen molar-refractivity contribution in [2.75, 3.05) is 19.8 Å². The van der Waals surface area contributed by atoms with E-state index in [0.717, 1.165) is 0 Å². The Morgan fingerprint density at radius 3 is 2.62 bits per heavy atom. The molecule has 0 unspecified atom stereocenters. The standard InChI is InChI=1S/C33H45FN2O11/c1-29(2)46-26-17-23-22-10-9-20-16-21(37)11-13-30(20,3)32(22,34)24(38)18-31(23,4)33(26,47-29)25(39)19-44-28(41)12-14-35-27(40)8-6-5-7-15-45-36(42)43/h11,13,16,22-24,26,38H,5-10,12,14-15,17-19H2,1-4H3,(H,35,40)/t22-,23-,24-,26+,30-,31-,32-,33-/m0/s1. The van der Waals surface area contributed by atoms with Crippen LogP contribution >= 0.6 is 0 Å². The number of esters is 1. The van der Waals surface area contributed by atoms with Gasteiger partial charge in [0.1, 0.15) is 0 Å². The molecule has 1 amide bonds. The number of carbonyl (C=O) groups is 4. The molecule has 14 heteroatoms. The third-order valence-electron chi connectivity index (χ3n) is 11.3. The minimum atomic E-state index is -2.08. The van der Waals surface area contributed by atoms with Gasteiger partial charge in [-0.15, -0.1) is 10.1 Å². The molecule has 0 spiro atoms. The monoisotopic (exact) mass is 664 g/mol. The molecule has 0 radical (unpaired) electrons. The van der Waals surface area contributed by atoms with Crippen molar-refractivity contribution in [2.45, 2.75) is 115 Å². The Hall–Kier alpha value is -3.23. The van der Waals surface area contributed by atoms with Gasteiger partial charge in [-0.25, -0.2) is 4.39 Å². The number of hydrogen-bond acceptors (Lipinski definition) is 11. The average molecular weight is 665 g/mol. The SMILES string of the molecule is CC1(C)O[C@@H]2C[C@H]3[C@@H]4CCC5=CC(=O)C=C[C@]5(C)[C@@]4(F)[C@@H](O)C[C@]3(C)[C@@]2(C(=O)COC(=O)CCNC(=O)CCCCCO[N+](=O)[O-])O1. The summed E-state index contributed by atoms with van der Waals surface area (Å²) in [4.78, 5) is 65.3. The van der Waals surface area contributed by atoms with Crippen LogP contribution < -0.4 is 5.32 Å². The van der Waals surface area contributed by atoms with Crippen LogP contribution in [-0.4, -0.2) is 82.7 Å². The lowest BCUT2D eigenvalue weighted by Crippen LogP contribution is -2.70. The highest BCUT2D eigenvalue weighted by Gasteiger charge is 2.80. The number of aliphatic hydroxyl groups excluding tert-OH is 1. The van der Waals surface area contributed by atoms with Crippen LogP contribution in [-0.2, 0) is 38.2 Å². The van der Waals surface area contributed by atoms with Crippen molar-refractivity contribution in [3.63, 3.8) is 0 Å². The summed E-state index contributed by atoms with van der Waals surface area (Å²) in [5.41, 5.74) is -5.26. The summed E-state index contributed by atoms with van der Waals surface area (Å²) in [7, 11) is 0. The Morgan fingerprint density at radius 2 is 1.89 bits per heavy atom. The van der Waals surface area contributed by atoms with E-state index in [1.165, 1.54) is 12.2 Å². The van der Waals surface area contributed by atoms with Crippen LogP contribution in [0.15, 0.2) is 23.8 Å². The number of Topliss-reactive ketones (excluding diaryl/α,β-unsaturated/α-hetero) is 1. The first-order valence-electron chi connectivity index (χ1n) is 16.4. The fourth-order valence-electron chi connectivity index (χ4n) is 9.23. The number of nitrogens with zero attached hydrogens (tertiary/aromatic N) is 1. The second-order valence-electron chi connectivity index (χ2n) is 14.4. The number of hydrogen-bond donors (Lipinski definition) is 2. The lowest BCUT2D eigenvalue weighted by molar-refractivity contribution is -0.757. The normalized spacial score (nSPS) is 37.9. The van der Waals surface area contributed by atoms with Gasteiger partial charge in [0.05, 0.1) is 25.2 Å². The number of halogens is 1. The van der Waals surface area contributed by atoms with Gasteiger partial charge in [0.2, 0.25) is 11.7 Å². The van der Waals surface area contributed by atoms with Crippen LogP contribution in [0.1, 0.15) is 85.5 Å². The van der Waals surface area contributed by atoms with E-state index < -0.39 is 75.4 Å². The van der Waals surface area contributed by atoms with Crippen molar-refractivity contribution in [3.05, 3.63) is 33.9 Å². The largest absolute Gasteiger partial charge is 0.457 e. The number of ketones is 2. The van der Waals surface area contributed by atoms with Crippen LogP contribution in [0.3, 0.4) is 0 Å². The van der Waals surface area contributed by atoms with Crippen LogP contribution in [0.2, 0.25) is 0 Å². The summed E-state index contributed by atoms with van der Waals surface area (Å²) in [5, 5.41) is 23.6. The van der Waals surface area contributed by atoms with Gasteiger partial charge in [0.25, 0.3) is 5.09 Å². The number of alkyl halides is 1. The van der Waals surface area contributed by atoms with E-state index in [4.69, 9.17) is 14.2 Å². The Labute approximate surface area is 272 Å². The van der Waals surface area contributed by atoms with Gasteiger partial charge in [-0.1, -0.05) is 25.0 Å². The number of unbranched alkanes of at least 4 members (excludes halogenated alkanes) is 2. The van der Waals surface area contributed by atoms with Crippen LogP contribution in [0.4, 0.5) is 4.39 Å². The fraction of sp³-hybridized carbons (Fsp3) is 0.758. The molecule has 260 valence electrons. The molecule has 3 saturated carbocycles. The summed E-state index contributed by atoms with van der Waals surface area (Å²) >= 11 is 0. The number of ether oxygens (including phenoxy) is 3. The van der Waals surface area contributed by atoms with E-state index in [1.807, 2.05) is 6.92 Å². The molecule has 2 N–H and O–H groups in total. The van der Waals surface area contributed by atoms with Gasteiger partial charge in [-0.3, -0.25) is 19.2 Å². The van der Waals surface area contributed by atoms with Gasteiger partial charge >= 0.3 is 5.97 Å². The number of fused-ring (bicyclic) bond motifs is 7. The van der Waals surface area contributed by atoms with Crippen molar-refractivity contribution < 1.29 is 52.8 Å². The second-order valence-corrected chi connectivity index (χ2v) is 14.4. The minimum Gasteiger partial charge on any atom is -0.457 e. The van der Waals surface area contributed by atoms with E-state index in [1.54, 1.807) is 26.8 Å². The maximum Gasteiger partial charge on any atom is 0.308 e. The number of aliphatic hydroxyl groups is 1. The van der Waals surface area contributed by atoms with Gasteiger partial charge in [0, 0.05) is 29.7 Å². The lowest BCUT2D eigenvalue weighted by Gasteiger charge is -2.62. The molecule has 4 aliphatic carbocycles. The summed E-state index contributed by atoms with van der Waals surface area (Å²) in [6.45, 7) is 6.29. The van der Waals surface area contributed by atoms with E-state index in [-0.39, 0.29) is 44.1 Å². The Bertz CT molecular complexity index is 1380. The highest BCUT2D eigenvalue weighted by atomic mass is 19.1. The molecule has 0 aromatic rings. The first-order valence-corrected chi connectivity index (χ1v) is 16.4. The molecule has 1 aliphatic heterocycles. The zero-order valence-corrected chi connectivity index (χ0v) is 27.4. The first-order chi connectivity index (χ1) is 22.0. The summed E-state index contributed by atoms with van der Waals surface area (Å²) < 4.78 is 35.6. The van der Waals surface area contributed by atoms with Crippen LogP contribution in [0.25, 0.3) is 0 Å². The topological polar surface area (TPSA) is 181 Å². The van der Waals surface area contributed by atoms with E-state index in [9.17, 15) is 34.4 Å². The zero-order chi connectivity index (χ0) is 34.4. The fourth-order valence-corrected chi connectivity index (χ4v) is 9.23. The van der Waals surface area contributed by atoms with Crippen LogP contribution in [0, 0.1) is 32.8 Å². The molecular weight excluding hydrogens is 619 g/mol. The predicted octanol–water partition coefficient (Wildman–Crippen LogP) is 3.24. The summed E-state index contributed by atoms with van der Waals surface area (Å²) in [6.07, 6.45) is 4.77. The second kappa shape index (κ2) is 12.7.